The molecule has 21 heavy (non-hydrogen) atoms. The summed E-state index contributed by atoms with van der Waals surface area (Å²) in [6, 6.07) is 3.50. The molecule has 1 saturated heterocycles. The molecule has 3 N–H and O–H groups in total. The van der Waals surface area contributed by atoms with Gasteiger partial charge in [-0.3, -0.25) is 4.90 Å². The molecule has 1 atom stereocenters. The van der Waals surface area contributed by atoms with E-state index in [0.717, 1.165) is 13.1 Å². The zero-order chi connectivity index (χ0) is 15.6. The molecule has 0 saturated carbocycles. The number of benzene rings is 1. The average Bonchev–Trinajstić information content (AvgIpc) is 2.94. The number of hydrogen-bond acceptors (Lipinski definition) is 4. The van der Waals surface area contributed by atoms with E-state index in [2.05, 4.69) is 32.5 Å². The van der Waals surface area contributed by atoms with Gasteiger partial charge in [-0.1, -0.05) is 15.9 Å². The van der Waals surface area contributed by atoms with Crippen LogP contribution in [0.4, 0.5) is 5.69 Å². The highest BCUT2D eigenvalue weighted by molar-refractivity contribution is 9.10. The van der Waals surface area contributed by atoms with Crippen LogP contribution in [0.15, 0.2) is 21.5 Å². The summed E-state index contributed by atoms with van der Waals surface area (Å²) >= 11 is 3.29. The maximum atomic E-state index is 12.5. The van der Waals surface area contributed by atoms with E-state index in [1.54, 1.807) is 19.1 Å². The number of anilines is 1. The largest absolute Gasteiger partial charge is 0.398 e. The fourth-order valence-electron chi connectivity index (χ4n) is 2.57. The van der Waals surface area contributed by atoms with E-state index in [1.807, 2.05) is 0 Å². The third kappa shape index (κ3) is 3.97. The number of nitrogens with two attached hydrogens (primary N) is 1. The highest BCUT2D eigenvalue weighted by atomic mass is 79.9. The number of nitrogens with one attached hydrogen (secondary N) is 1. The highest BCUT2D eigenvalue weighted by Crippen LogP contribution is 2.26. The van der Waals surface area contributed by atoms with Crippen LogP contribution in [0.1, 0.15) is 25.3 Å². The van der Waals surface area contributed by atoms with Crippen molar-refractivity contribution in [1.29, 1.82) is 0 Å². The van der Waals surface area contributed by atoms with Crippen molar-refractivity contribution in [3.8, 4) is 0 Å². The molecule has 1 heterocycles. The molecule has 1 aromatic rings. The zero-order valence-electron chi connectivity index (χ0n) is 12.4. The Balaban J connectivity index is 2.11. The minimum atomic E-state index is -3.55. The normalized spacial score (nSPS) is 18.0. The first-order valence-corrected chi connectivity index (χ1v) is 9.38. The molecule has 2 rings (SSSR count). The molecule has 1 aromatic carbocycles. The zero-order valence-corrected chi connectivity index (χ0v) is 14.8. The van der Waals surface area contributed by atoms with Crippen LogP contribution in [0.2, 0.25) is 0 Å². The summed E-state index contributed by atoms with van der Waals surface area (Å²) in [6.45, 7) is 6.28. The molecule has 1 aliphatic rings. The van der Waals surface area contributed by atoms with Crippen LogP contribution in [0.25, 0.3) is 0 Å². The number of sulfonamides is 1. The van der Waals surface area contributed by atoms with Crippen molar-refractivity contribution in [2.75, 3.05) is 25.4 Å². The van der Waals surface area contributed by atoms with Gasteiger partial charge in [0.25, 0.3) is 0 Å². The number of likely N-dealkylation sites (tertiary alicyclic amines) is 1. The second kappa shape index (κ2) is 6.64. The molecule has 118 valence electrons. The van der Waals surface area contributed by atoms with Crippen LogP contribution in [0, 0.1) is 6.92 Å². The van der Waals surface area contributed by atoms with Crippen molar-refractivity contribution in [3.63, 3.8) is 0 Å². The molecular weight excluding hydrogens is 354 g/mol. The van der Waals surface area contributed by atoms with E-state index < -0.39 is 10.0 Å². The molecule has 1 aliphatic heterocycles. The van der Waals surface area contributed by atoms with Gasteiger partial charge in [0, 0.05) is 22.7 Å². The Morgan fingerprint density at radius 2 is 2.00 bits per heavy atom. The Morgan fingerprint density at radius 3 is 2.62 bits per heavy atom. The van der Waals surface area contributed by atoms with Gasteiger partial charge in [0.2, 0.25) is 10.0 Å². The first-order chi connectivity index (χ1) is 9.81. The molecule has 0 radical (unpaired) electrons. The first-order valence-electron chi connectivity index (χ1n) is 7.10. The molecule has 7 heteroatoms. The Labute approximate surface area is 135 Å². The van der Waals surface area contributed by atoms with E-state index in [-0.39, 0.29) is 10.9 Å². The lowest BCUT2D eigenvalue weighted by molar-refractivity contribution is 0.260. The van der Waals surface area contributed by atoms with E-state index in [1.165, 1.54) is 12.8 Å². The van der Waals surface area contributed by atoms with Gasteiger partial charge in [-0.2, -0.15) is 0 Å². The van der Waals surface area contributed by atoms with E-state index in [9.17, 15) is 8.42 Å². The third-order valence-electron chi connectivity index (χ3n) is 3.99. The second-order valence-electron chi connectivity index (χ2n) is 5.56. The molecule has 5 nitrogen and oxygen atoms in total. The van der Waals surface area contributed by atoms with Crippen molar-refractivity contribution >= 4 is 31.6 Å². The van der Waals surface area contributed by atoms with Gasteiger partial charge in [-0.05, 0) is 57.5 Å². The Kier molecular flexibility index (Phi) is 5.29. The maximum absolute atomic E-state index is 12.5. The number of rotatable bonds is 5. The second-order valence-corrected chi connectivity index (χ2v) is 8.21. The lowest BCUT2D eigenvalue weighted by Crippen LogP contribution is -2.40. The maximum Gasteiger partial charge on any atom is 0.240 e. The van der Waals surface area contributed by atoms with Crippen molar-refractivity contribution in [2.45, 2.75) is 37.6 Å². The smallest absolute Gasteiger partial charge is 0.240 e. The fourth-order valence-corrected chi connectivity index (χ4v) is 4.62. The summed E-state index contributed by atoms with van der Waals surface area (Å²) in [7, 11) is -3.55. The molecule has 1 unspecified atom stereocenters. The fraction of sp³-hybridized carbons (Fsp3) is 0.571. The van der Waals surface area contributed by atoms with Crippen molar-refractivity contribution < 1.29 is 8.42 Å². The monoisotopic (exact) mass is 375 g/mol. The Bertz CT molecular complexity index is 613. The summed E-state index contributed by atoms with van der Waals surface area (Å²) in [5.74, 6) is 0. The number of halogens is 1. The summed E-state index contributed by atoms with van der Waals surface area (Å²) in [4.78, 5) is 2.55. The molecule has 0 spiro atoms. The Morgan fingerprint density at radius 1 is 1.38 bits per heavy atom. The summed E-state index contributed by atoms with van der Waals surface area (Å²) in [5.41, 5.74) is 6.90. The van der Waals surface area contributed by atoms with E-state index in [4.69, 9.17) is 5.73 Å². The van der Waals surface area contributed by atoms with Crippen molar-refractivity contribution in [2.24, 2.45) is 0 Å². The summed E-state index contributed by atoms with van der Waals surface area (Å²) < 4.78 is 28.3. The Hall–Kier alpha value is -0.630. The van der Waals surface area contributed by atoms with Gasteiger partial charge >= 0.3 is 0 Å². The number of hydrogen-bond donors (Lipinski definition) is 2. The van der Waals surface area contributed by atoms with Gasteiger partial charge in [0.1, 0.15) is 0 Å². The first kappa shape index (κ1) is 16.7. The van der Waals surface area contributed by atoms with Crippen LogP contribution in [-0.2, 0) is 10.0 Å². The quantitative estimate of drug-likeness (QED) is 0.772. The number of nitrogens with zero attached hydrogens (tertiary/aromatic N) is 1. The van der Waals surface area contributed by atoms with Crippen molar-refractivity contribution in [1.82, 2.24) is 9.62 Å². The van der Waals surface area contributed by atoms with Gasteiger partial charge in [0.15, 0.2) is 0 Å². The molecule has 0 aromatic heterocycles. The predicted octanol–water partition coefficient (Wildman–Crippen LogP) is 2.10. The minimum absolute atomic E-state index is 0.201. The van der Waals surface area contributed by atoms with Gasteiger partial charge in [-0.25, -0.2) is 13.1 Å². The van der Waals surface area contributed by atoms with E-state index >= 15 is 0 Å². The summed E-state index contributed by atoms with van der Waals surface area (Å²) in [6.07, 6.45) is 2.39. The van der Waals surface area contributed by atoms with Gasteiger partial charge < -0.3 is 5.73 Å². The minimum Gasteiger partial charge on any atom is -0.398 e. The van der Waals surface area contributed by atoms with Crippen LogP contribution >= 0.6 is 15.9 Å². The van der Waals surface area contributed by atoms with Crippen molar-refractivity contribution in [3.05, 3.63) is 22.2 Å². The lowest BCUT2D eigenvalue weighted by Gasteiger charge is -2.24. The highest BCUT2D eigenvalue weighted by Gasteiger charge is 2.23. The van der Waals surface area contributed by atoms with Crippen LogP contribution in [-0.4, -0.2) is 39.0 Å². The topological polar surface area (TPSA) is 75.4 Å². The SMILES string of the molecule is Cc1c(N)cc(Br)cc1S(=O)(=O)NCC(C)N1CCCC1. The number of nitrogen functional groups attached to an aromatic ring is 1. The van der Waals surface area contributed by atoms with Crippen LogP contribution in [0.5, 0.6) is 0 Å². The lowest BCUT2D eigenvalue weighted by atomic mass is 10.2. The molecular formula is C14H22BrN3O2S. The molecule has 0 bridgehead atoms. The molecule has 0 amide bonds. The van der Waals surface area contributed by atoms with Crippen LogP contribution < -0.4 is 10.5 Å². The van der Waals surface area contributed by atoms with Gasteiger partial charge in [-0.15, -0.1) is 0 Å². The molecule has 0 aliphatic carbocycles. The average molecular weight is 376 g/mol. The van der Waals surface area contributed by atoms with Gasteiger partial charge in [0.05, 0.1) is 4.90 Å². The third-order valence-corrected chi connectivity index (χ3v) is 5.99. The standard InChI is InChI=1S/C14H22BrN3O2S/c1-10(18-5-3-4-6-18)9-17-21(19,20)14-8-12(15)7-13(16)11(14)2/h7-8,10,17H,3-6,9,16H2,1-2H3. The molecule has 1 fully saturated rings. The van der Waals surface area contributed by atoms with E-state index in [0.29, 0.717) is 22.3 Å². The summed E-state index contributed by atoms with van der Waals surface area (Å²) in [5, 5.41) is 0. The van der Waals surface area contributed by atoms with Crippen LogP contribution in [0.3, 0.4) is 0 Å². The predicted molar refractivity (Wildman–Crippen MR) is 88.7 cm³/mol.